The molecule has 5 rings (SSSR count). The zero-order valence-corrected chi connectivity index (χ0v) is 20.4. The van der Waals surface area contributed by atoms with Gasteiger partial charge in [0.1, 0.15) is 5.83 Å². The molecule has 0 saturated heterocycles. The number of fused-ring (bicyclic) bond motifs is 1. The Bertz CT molecular complexity index is 896. The second-order valence-corrected chi connectivity index (χ2v) is 11.9. The van der Waals surface area contributed by atoms with Gasteiger partial charge in [0, 0.05) is 17.4 Å². The Balaban J connectivity index is 1.34. The summed E-state index contributed by atoms with van der Waals surface area (Å²) in [5.41, 5.74) is 5.67. The summed E-state index contributed by atoms with van der Waals surface area (Å²) in [5.74, 6) is 0.706. The van der Waals surface area contributed by atoms with E-state index in [1.165, 1.54) is 56.9 Å². The molecule has 0 aliphatic heterocycles. The van der Waals surface area contributed by atoms with Gasteiger partial charge in [-0.2, -0.15) is 0 Å². The number of allylic oxidation sites excluding steroid dienone is 7. The minimum absolute atomic E-state index is 0.00801. The molecule has 0 aromatic rings. The highest BCUT2D eigenvalue weighted by atomic mass is 19.1. The summed E-state index contributed by atoms with van der Waals surface area (Å²) in [6.07, 6.45) is 24.6. The van der Waals surface area contributed by atoms with E-state index < -0.39 is 0 Å². The predicted octanol–water partition coefficient (Wildman–Crippen LogP) is 8.13. The maximum atomic E-state index is 14.8. The summed E-state index contributed by atoms with van der Waals surface area (Å²) in [7, 11) is 0. The van der Waals surface area contributed by atoms with Gasteiger partial charge in [-0.1, -0.05) is 63.5 Å². The molecule has 0 radical (unpaired) electrons. The molecule has 2 heteroatoms. The monoisotopic (exact) mass is 435 g/mol. The first-order valence-electron chi connectivity index (χ1n) is 13.3. The molecule has 3 unspecified atom stereocenters. The van der Waals surface area contributed by atoms with Gasteiger partial charge in [-0.3, -0.25) is 0 Å². The van der Waals surface area contributed by atoms with Gasteiger partial charge in [0.15, 0.2) is 0 Å². The third kappa shape index (κ3) is 3.91. The van der Waals surface area contributed by atoms with E-state index in [0.29, 0.717) is 17.9 Å². The van der Waals surface area contributed by atoms with E-state index in [4.69, 9.17) is 0 Å². The van der Waals surface area contributed by atoms with Crippen molar-refractivity contribution in [2.24, 2.45) is 22.2 Å². The normalized spacial score (nSPS) is 36.1. The molecule has 0 bridgehead atoms. The molecule has 5 aliphatic carbocycles. The third-order valence-corrected chi connectivity index (χ3v) is 9.64. The van der Waals surface area contributed by atoms with Crippen LogP contribution in [-0.4, -0.2) is 13.1 Å². The van der Waals surface area contributed by atoms with Gasteiger partial charge in [-0.15, -0.1) is 0 Å². The number of halogens is 1. The lowest BCUT2D eigenvalue weighted by Gasteiger charge is -2.48. The van der Waals surface area contributed by atoms with Crippen molar-refractivity contribution in [2.75, 3.05) is 13.1 Å². The van der Waals surface area contributed by atoms with Gasteiger partial charge in [0.2, 0.25) is 0 Å². The maximum absolute atomic E-state index is 14.8. The number of hydrogen-bond acceptors (Lipinski definition) is 1. The largest absolute Gasteiger partial charge is 0.313 e. The molecule has 174 valence electrons. The molecule has 2 spiro atoms. The van der Waals surface area contributed by atoms with Crippen molar-refractivity contribution in [2.45, 2.75) is 90.9 Å². The Hall–Kier alpha value is -1.41. The van der Waals surface area contributed by atoms with Crippen LogP contribution in [-0.2, 0) is 0 Å². The molecule has 0 amide bonds. The lowest BCUT2D eigenvalue weighted by Crippen LogP contribution is -2.37. The molecule has 5 aliphatic rings. The first-order chi connectivity index (χ1) is 15.4. The Labute approximate surface area is 195 Å². The van der Waals surface area contributed by atoms with E-state index in [2.05, 4.69) is 44.0 Å². The van der Waals surface area contributed by atoms with E-state index in [-0.39, 0.29) is 16.7 Å². The van der Waals surface area contributed by atoms with Crippen molar-refractivity contribution in [1.82, 2.24) is 5.32 Å². The fourth-order valence-electron chi connectivity index (χ4n) is 7.79. The molecular formula is C30H42FN. The highest BCUT2D eigenvalue weighted by Gasteiger charge is 2.48. The van der Waals surface area contributed by atoms with Crippen LogP contribution in [0.5, 0.6) is 0 Å². The molecule has 1 N–H and O–H groups in total. The smallest absolute Gasteiger partial charge is 0.124 e. The summed E-state index contributed by atoms with van der Waals surface area (Å²) in [5, 5.41) is 3.38. The topological polar surface area (TPSA) is 12.0 Å². The summed E-state index contributed by atoms with van der Waals surface area (Å²) >= 11 is 0. The van der Waals surface area contributed by atoms with Crippen LogP contribution in [0.3, 0.4) is 0 Å². The Morgan fingerprint density at radius 3 is 2.66 bits per heavy atom. The Morgan fingerprint density at radius 1 is 1.09 bits per heavy atom. The van der Waals surface area contributed by atoms with Crippen molar-refractivity contribution >= 4 is 0 Å². The Morgan fingerprint density at radius 2 is 1.88 bits per heavy atom. The quantitative estimate of drug-likeness (QED) is 0.430. The maximum Gasteiger partial charge on any atom is 0.124 e. The van der Waals surface area contributed by atoms with E-state index in [1.54, 1.807) is 11.1 Å². The zero-order chi connectivity index (χ0) is 22.4. The predicted molar refractivity (Wildman–Crippen MR) is 133 cm³/mol. The zero-order valence-electron chi connectivity index (χ0n) is 20.4. The second kappa shape index (κ2) is 8.42. The molecule has 0 aromatic carbocycles. The number of hydrogen-bond donors (Lipinski definition) is 1. The van der Waals surface area contributed by atoms with Crippen molar-refractivity contribution in [1.29, 1.82) is 0 Å². The van der Waals surface area contributed by atoms with Gasteiger partial charge >= 0.3 is 0 Å². The first kappa shape index (κ1) is 22.4. The van der Waals surface area contributed by atoms with Crippen LogP contribution in [0.4, 0.5) is 4.39 Å². The van der Waals surface area contributed by atoms with Gasteiger partial charge in [0.25, 0.3) is 0 Å². The van der Waals surface area contributed by atoms with Gasteiger partial charge in [-0.05, 0) is 98.5 Å². The third-order valence-electron chi connectivity index (χ3n) is 9.64. The molecule has 0 heterocycles. The summed E-state index contributed by atoms with van der Waals surface area (Å²) < 4.78 is 14.8. The van der Waals surface area contributed by atoms with Crippen molar-refractivity contribution in [3.05, 3.63) is 59.0 Å². The molecule has 0 aromatic heterocycles. The molecule has 3 atom stereocenters. The second-order valence-electron chi connectivity index (χ2n) is 11.9. The lowest BCUT2D eigenvalue weighted by atomic mass is 9.55. The average Bonchev–Trinajstić information content (AvgIpc) is 3.33. The molecule has 32 heavy (non-hydrogen) atoms. The lowest BCUT2D eigenvalue weighted by molar-refractivity contribution is 0.161. The molecule has 3 saturated carbocycles. The van der Waals surface area contributed by atoms with Crippen LogP contribution in [0, 0.1) is 22.2 Å². The van der Waals surface area contributed by atoms with E-state index in [9.17, 15) is 4.39 Å². The molecular weight excluding hydrogens is 393 g/mol. The van der Waals surface area contributed by atoms with Crippen molar-refractivity contribution in [3.8, 4) is 0 Å². The van der Waals surface area contributed by atoms with Gasteiger partial charge in [-0.25, -0.2) is 4.39 Å². The van der Waals surface area contributed by atoms with Gasteiger partial charge < -0.3 is 5.32 Å². The van der Waals surface area contributed by atoms with Crippen LogP contribution in [0.25, 0.3) is 0 Å². The summed E-state index contributed by atoms with van der Waals surface area (Å²) in [6.45, 7) is 10.7. The standard InChI is InChI=1S/C30H42FN/c1-4-14-32-20-25-18-30(19-27(25)31)13-9-26-16-24(15-22(2)28(26,3)21-30)23-8-7-12-29(17-23)10-5-6-11-29/h15-16,18-19,23,32H,2,4-14,17,20-21H2,1,3H3. The fraction of sp³-hybridized carbons (Fsp3) is 0.667. The average molecular weight is 436 g/mol. The van der Waals surface area contributed by atoms with Crippen molar-refractivity contribution < 1.29 is 4.39 Å². The summed E-state index contributed by atoms with van der Waals surface area (Å²) in [6, 6.07) is 0. The fourth-order valence-corrected chi connectivity index (χ4v) is 7.79. The minimum atomic E-state index is -0.146. The van der Waals surface area contributed by atoms with Crippen LogP contribution >= 0.6 is 0 Å². The first-order valence-corrected chi connectivity index (χ1v) is 13.3. The molecule has 1 nitrogen and oxygen atoms in total. The minimum Gasteiger partial charge on any atom is -0.313 e. The van der Waals surface area contributed by atoms with Crippen LogP contribution in [0.15, 0.2) is 59.0 Å². The van der Waals surface area contributed by atoms with Crippen LogP contribution in [0.2, 0.25) is 0 Å². The van der Waals surface area contributed by atoms with Gasteiger partial charge in [0.05, 0.1) is 0 Å². The Kier molecular flexibility index (Phi) is 5.89. The van der Waals surface area contributed by atoms with Crippen LogP contribution in [0.1, 0.15) is 90.9 Å². The van der Waals surface area contributed by atoms with Crippen LogP contribution < -0.4 is 5.32 Å². The van der Waals surface area contributed by atoms with Crippen molar-refractivity contribution in [3.63, 3.8) is 0 Å². The highest BCUT2D eigenvalue weighted by Crippen LogP contribution is 2.60. The molecule has 3 fully saturated rings. The van der Waals surface area contributed by atoms with E-state index in [0.717, 1.165) is 37.8 Å². The highest BCUT2D eigenvalue weighted by molar-refractivity contribution is 5.51. The summed E-state index contributed by atoms with van der Waals surface area (Å²) in [4.78, 5) is 0. The number of rotatable bonds is 5. The van der Waals surface area contributed by atoms with E-state index >= 15 is 0 Å². The SMILES string of the molecule is C=C1C=C(C2CCCC3(CCCC3)C2)C=C2CCC3(C=C(F)C(CNCCC)=C3)CC12C. The van der Waals surface area contributed by atoms with E-state index in [1.807, 2.05) is 6.08 Å². The number of nitrogens with one attached hydrogen (secondary N) is 1.